The number of piperazine rings is 1. The number of sulfonamides is 1. The van der Waals surface area contributed by atoms with Gasteiger partial charge in [-0.1, -0.05) is 42.5 Å². The van der Waals surface area contributed by atoms with E-state index >= 15 is 0 Å². The van der Waals surface area contributed by atoms with Gasteiger partial charge in [0.05, 0.1) is 17.1 Å². The minimum absolute atomic E-state index is 0.288. The number of hydrogen-bond acceptors (Lipinski definition) is 4. The maximum atomic E-state index is 13.8. The summed E-state index contributed by atoms with van der Waals surface area (Å²) < 4.78 is 55.3. The van der Waals surface area contributed by atoms with Crippen LogP contribution < -0.4 is 0 Å². The van der Waals surface area contributed by atoms with Crippen molar-refractivity contribution in [3.8, 4) is 0 Å². The maximum Gasteiger partial charge on any atom is 0.320 e. The number of rotatable bonds is 6. The summed E-state index contributed by atoms with van der Waals surface area (Å²) in [4.78, 5) is 6.43. The number of nitrogens with zero attached hydrogens (tertiary/aromatic N) is 4. The van der Waals surface area contributed by atoms with Crippen molar-refractivity contribution in [3.05, 3.63) is 71.4 Å². The monoisotopic (exact) mass is 446 g/mol. The number of imidazole rings is 1. The van der Waals surface area contributed by atoms with E-state index in [1.807, 2.05) is 42.2 Å². The zero-order valence-corrected chi connectivity index (χ0v) is 17.9. The summed E-state index contributed by atoms with van der Waals surface area (Å²) in [6.45, 7) is 0.591. The lowest BCUT2D eigenvalue weighted by Crippen LogP contribution is -2.49. The molecule has 31 heavy (non-hydrogen) atoms. The van der Waals surface area contributed by atoms with E-state index in [1.165, 1.54) is 9.71 Å². The number of benzene rings is 2. The van der Waals surface area contributed by atoms with E-state index in [2.05, 4.69) is 4.98 Å². The summed E-state index contributed by atoms with van der Waals surface area (Å²) >= 11 is 0. The molecule has 0 spiro atoms. The zero-order valence-electron chi connectivity index (χ0n) is 17.1. The molecule has 0 bridgehead atoms. The first-order valence-corrected chi connectivity index (χ1v) is 11.6. The fraction of sp³-hybridized carbons (Fsp3) is 0.318. The predicted molar refractivity (Wildman–Crippen MR) is 117 cm³/mol. The number of para-hydroxylation sites is 2. The van der Waals surface area contributed by atoms with E-state index in [0.29, 0.717) is 37.2 Å². The molecule has 1 aliphatic rings. The number of halogens is 2. The van der Waals surface area contributed by atoms with Gasteiger partial charge < -0.3 is 0 Å². The molecule has 1 aromatic heterocycles. The Hall–Kier alpha value is -2.62. The van der Waals surface area contributed by atoms with Crippen molar-refractivity contribution >= 4 is 27.1 Å². The van der Waals surface area contributed by atoms with Crippen molar-refractivity contribution in [3.63, 3.8) is 0 Å². The van der Waals surface area contributed by atoms with Crippen molar-refractivity contribution in [1.82, 2.24) is 18.8 Å². The summed E-state index contributed by atoms with van der Waals surface area (Å²) in [5.74, 6) is 0.288. The third-order valence-corrected chi connectivity index (χ3v) is 7.17. The fourth-order valence-corrected chi connectivity index (χ4v) is 5.06. The van der Waals surface area contributed by atoms with Crippen molar-refractivity contribution in [2.45, 2.75) is 19.5 Å². The number of aromatic nitrogens is 2. The SMILES string of the molecule is CC(c1nc2ccccc2n1C(F)F)N1CCN(S(=O)(=O)/C=C/c2ccccc2)CC1. The minimum atomic E-state index is -3.55. The van der Waals surface area contributed by atoms with Crippen LogP contribution in [-0.4, -0.2) is 53.4 Å². The van der Waals surface area contributed by atoms with Gasteiger partial charge >= 0.3 is 6.55 Å². The van der Waals surface area contributed by atoms with Crippen molar-refractivity contribution in [2.24, 2.45) is 0 Å². The molecule has 1 saturated heterocycles. The molecule has 2 aromatic carbocycles. The lowest BCUT2D eigenvalue weighted by atomic mass is 10.2. The molecular formula is C22H24F2N4O2S. The second-order valence-electron chi connectivity index (χ2n) is 7.48. The van der Waals surface area contributed by atoms with Crippen LogP contribution in [0, 0.1) is 0 Å². The summed E-state index contributed by atoms with van der Waals surface area (Å²) in [6, 6.07) is 15.7. The van der Waals surface area contributed by atoms with Crippen molar-refractivity contribution in [2.75, 3.05) is 26.2 Å². The molecule has 2 heterocycles. The quantitative estimate of drug-likeness (QED) is 0.572. The molecule has 1 unspecified atom stereocenters. The van der Waals surface area contributed by atoms with Crippen molar-refractivity contribution < 1.29 is 17.2 Å². The van der Waals surface area contributed by atoms with Gasteiger partial charge in [0.15, 0.2) is 0 Å². The van der Waals surface area contributed by atoms with Crippen LogP contribution in [0.15, 0.2) is 60.0 Å². The average Bonchev–Trinajstić information content (AvgIpc) is 3.18. The van der Waals surface area contributed by atoms with Crippen LogP contribution in [0.1, 0.15) is 30.9 Å². The molecule has 0 aliphatic carbocycles. The minimum Gasteiger partial charge on any atom is -0.291 e. The van der Waals surface area contributed by atoms with Crippen LogP contribution in [0.3, 0.4) is 0 Å². The highest BCUT2D eigenvalue weighted by Crippen LogP contribution is 2.30. The molecule has 0 radical (unpaired) electrons. The zero-order chi connectivity index (χ0) is 22.0. The Labute approximate surface area is 180 Å². The first-order valence-electron chi connectivity index (χ1n) is 10.1. The molecule has 1 fully saturated rings. The second kappa shape index (κ2) is 8.86. The molecular weight excluding hydrogens is 422 g/mol. The van der Waals surface area contributed by atoms with Crippen LogP contribution in [0.2, 0.25) is 0 Å². The number of fused-ring (bicyclic) bond motifs is 1. The van der Waals surface area contributed by atoms with Crippen LogP contribution in [-0.2, 0) is 10.0 Å². The summed E-state index contributed by atoms with van der Waals surface area (Å²) in [5.41, 5.74) is 1.73. The van der Waals surface area contributed by atoms with Gasteiger partial charge in [-0.2, -0.15) is 13.1 Å². The summed E-state index contributed by atoms with van der Waals surface area (Å²) in [6.07, 6.45) is 1.58. The normalized spacial score (nSPS) is 17.7. The van der Waals surface area contributed by atoms with E-state index in [-0.39, 0.29) is 11.9 Å². The molecule has 0 N–H and O–H groups in total. The van der Waals surface area contributed by atoms with Gasteiger partial charge in [-0.15, -0.1) is 0 Å². The topological polar surface area (TPSA) is 58.4 Å². The second-order valence-corrected chi connectivity index (χ2v) is 9.29. The van der Waals surface area contributed by atoms with E-state index in [9.17, 15) is 17.2 Å². The largest absolute Gasteiger partial charge is 0.320 e. The van der Waals surface area contributed by atoms with Crippen molar-refractivity contribution in [1.29, 1.82) is 0 Å². The van der Waals surface area contributed by atoms with Gasteiger partial charge in [-0.25, -0.2) is 13.4 Å². The maximum absolute atomic E-state index is 13.8. The molecule has 1 atom stereocenters. The molecule has 9 heteroatoms. The summed E-state index contributed by atoms with van der Waals surface area (Å²) in [7, 11) is -3.55. The fourth-order valence-electron chi connectivity index (χ4n) is 3.89. The Morgan fingerprint density at radius 3 is 2.29 bits per heavy atom. The first kappa shape index (κ1) is 21.6. The standard InChI is InChI=1S/C22H24F2N4O2S/c1-17(21-25-19-9-5-6-10-20(19)28(21)22(23)24)26-12-14-27(15-13-26)31(29,30)16-11-18-7-3-2-4-8-18/h2-11,16-17,22H,12-15H2,1H3/b16-11+. The van der Waals surface area contributed by atoms with Crippen LogP contribution in [0.5, 0.6) is 0 Å². The van der Waals surface area contributed by atoms with Gasteiger partial charge in [0.2, 0.25) is 10.0 Å². The van der Waals surface area contributed by atoms with E-state index in [1.54, 1.807) is 30.3 Å². The van der Waals surface area contributed by atoms with Crippen LogP contribution in [0.4, 0.5) is 8.78 Å². The third-order valence-electron chi connectivity index (χ3n) is 5.60. The first-order chi connectivity index (χ1) is 14.9. The molecule has 0 amide bonds. The summed E-state index contributed by atoms with van der Waals surface area (Å²) in [5, 5.41) is 1.22. The predicted octanol–water partition coefficient (Wildman–Crippen LogP) is 4.11. The van der Waals surface area contributed by atoms with E-state index in [0.717, 1.165) is 10.1 Å². The molecule has 3 aromatic rings. The van der Waals surface area contributed by atoms with Gasteiger partial charge in [0.25, 0.3) is 0 Å². The Bertz CT molecular complexity index is 1170. The molecule has 164 valence electrons. The van der Waals surface area contributed by atoms with E-state index < -0.39 is 16.6 Å². The highest BCUT2D eigenvalue weighted by Gasteiger charge is 2.31. The highest BCUT2D eigenvalue weighted by atomic mass is 32.2. The Balaban J connectivity index is 1.47. The Kier molecular flexibility index (Phi) is 6.17. The number of hydrogen-bond donors (Lipinski definition) is 0. The molecule has 1 aliphatic heterocycles. The highest BCUT2D eigenvalue weighted by molar-refractivity contribution is 7.92. The molecule has 6 nitrogen and oxygen atoms in total. The number of alkyl halides is 2. The van der Waals surface area contributed by atoms with Gasteiger partial charge in [0, 0.05) is 31.6 Å². The third kappa shape index (κ3) is 4.53. The molecule has 0 saturated carbocycles. The molecule has 4 rings (SSSR count). The van der Waals surface area contributed by atoms with Gasteiger partial charge in [0.1, 0.15) is 5.82 Å². The van der Waals surface area contributed by atoms with Gasteiger partial charge in [-0.05, 0) is 30.7 Å². The Morgan fingerprint density at radius 1 is 0.968 bits per heavy atom. The lowest BCUT2D eigenvalue weighted by molar-refractivity contribution is 0.0616. The Morgan fingerprint density at radius 2 is 1.61 bits per heavy atom. The van der Waals surface area contributed by atoms with Gasteiger partial charge in [-0.3, -0.25) is 9.47 Å². The van der Waals surface area contributed by atoms with Crippen LogP contribution in [0.25, 0.3) is 17.1 Å². The van der Waals surface area contributed by atoms with E-state index in [4.69, 9.17) is 0 Å². The lowest BCUT2D eigenvalue weighted by Gasteiger charge is -2.36. The van der Waals surface area contributed by atoms with Crippen LogP contribution >= 0.6 is 0 Å². The smallest absolute Gasteiger partial charge is 0.291 e. The average molecular weight is 447 g/mol.